The Labute approximate surface area is 196 Å². The average Bonchev–Trinajstić information content (AvgIpc) is 3.59. The fraction of sp³-hybridized carbons (Fsp3) is 0.423. The molecule has 7 rings (SSSR count). The molecule has 2 amide bonds. The molecule has 8 heteroatoms. The molecule has 2 aromatic rings. The molecule has 4 fully saturated rings. The summed E-state index contributed by atoms with van der Waals surface area (Å²) in [5.74, 6) is -1.60. The van der Waals surface area contributed by atoms with E-state index in [1.165, 1.54) is 0 Å². The van der Waals surface area contributed by atoms with Gasteiger partial charge in [-0.1, -0.05) is 48.5 Å². The number of hydrogen-bond donors (Lipinski definition) is 2. The minimum atomic E-state index is -0.850. The van der Waals surface area contributed by atoms with Crippen LogP contribution in [-0.4, -0.2) is 65.9 Å². The number of nitrogens with zero attached hydrogens (tertiary/aromatic N) is 1. The molecule has 2 N–H and O–H groups in total. The van der Waals surface area contributed by atoms with E-state index >= 15 is 0 Å². The second kappa shape index (κ2) is 8.13. The summed E-state index contributed by atoms with van der Waals surface area (Å²) in [5, 5.41) is 12.2. The van der Waals surface area contributed by atoms with Crippen molar-refractivity contribution in [3.8, 4) is 11.1 Å². The standard InChI is InChI=1S/C26H26N2O6/c29-24(28-12-14-11-21(28)22(14)25(30)31)23-20(9-10-33-23)27-26(32)34-13-19-17-7-3-1-5-15(17)16-6-2-4-8-18(16)19/h1-8,14,19-23H,9-13H2,(H,27,32)(H,30,31)/t14?,20-,21?,22?,23+/m0/s1. The Kier molecular flexibility index (Phi) is 5.06. The number of rotatable bonds is 5. The fourth-order valence-electron chi connectivity index (χ4n) is 6.17. The zero-order valence-corrected chi connectivity index (χ0v) is 18.6. The van der Waals surface area contributed by atoms with Gasteiger partial charge in [0.05, 0.1) is 12.0 Å². The van der Waals surface area contributed by atoms with Crippen molar-refractivity contribution in [2.45, 2.75) is 36.9 Å². The van der Waals surface area contributed by atoms with Crippen LogP contribution in [0.2, 0.25) is 0 Å². The van der Waals surface area contributed by atoms with Crippen LogP contribution in [0.4, 0.5) is 4.79 Å². The minimum absolute atomic E-state index is 0.0152. The van der Waals surface area contributed by atoms with E-state index in [2.05, 4.69) is 29.6 Å². The van der Waals surface area contributed by atoms with Gasteiger partial charge in [-0.3, -0.25) is 9.59 Å². The van der Waals surface area contributed by atoms with Gasteiger partial charge < -0.3 is 24.8 Å². The number of carboxylic acids is 1. The number of carbonyl (C=O) groups is 3. The van der Waals surface area contributed by atoms with Crippen LogP contribution >= 0.6 is 0 Å². The summed E-state index contributed by atoms with van der Waals surface area (Å²) in [6, 6.07) is 15.5. The molecule has 34 heavy (non-hydrogen) atoms. The molecule has 5 atom stereocenters. The first-order valence-electron chi connectivity index (χ1n) is 11.8. The summed E-state index contributed by atoms with van der Waals surface area (Å²) in [6.07, 6.45) is -0.163. The van der Waals surface area contributed by atoms with Crippen LogP contribution in [0.15, 0.2) is 48.5 Å². The van der Waals surface area contributed by atoms with Crippen molar-refractivity contribution in [1.82, 2.24) is 10.2 Å². The molecule has 0 spiro atoms. The smallest absolute Gasteiger partial charge is 0.407 e. The van der Waals surface area contributed by atoms with Crippen LogP contribution in [0.5, 0.6) is 0 Å². The SMILES string of the molecule is O=C(N[C@H]1CCO[C@H]1C(=O)N1CC2CC1C2C(=O)O)OCC1c2ccccc2-c2ccccc21. The van der Waals surface area contributed by atoms with Crippen molar-refractivity contribution in [2.75, 3.05) is 19.8 Å². The van der Waals surface area contributed by atoms with Crippen LogP contribution in [0.1, 0.15) is 29.9 Å². The largest absolute Gasteiger partial charge is 0.481 e. The van der Waals surface area contributed by atoms with Gasteiger partial charge in [0.1, 0.15) is 6.61 Å². The summed E-state index contributed by atoms with van der Waals surface area (Å²) >= 11 is 0. The number of aliphatic carboxylic acids is 1. The Bertz CT molecular complexity index is 1120. The van der Waals surface area contributed by atoms with Gasteiger partial charge in [-0.05, 0) is 41.0 Å². The molecule has 2 aromatic carbocycles. The lowest BCUT2D eigenvalue weighted by Crippen LogP contribution is -2.52. The molecule has 3 aliphatic heterocycles. The van der Waals surface area contributed by atoms with E-state index in [0.717, 1.165) is 28.7 Å². The average molecular weight is 463 g/mol. The molecule has 1 saturated carbocycles. The molecule has 3 unspecified atom stereocenters. The van der Waals surface area contributed by atoms with Gasteiger partial charge in [0, 0.05) is 25.1 Å². The number of fused-ring (bicyclic) bond motifs is 4. The summed E-state index contributed by atoms with van der Waals surface area (Å²) in [4.78, 5) is 38.9. The van der Waals surface area contributed by atoms with Gasteiger partial charge in [-0.25, -0.2) is 4.79 Å². The number of carboxylic acid groups (broad SMARTS) is 1. The first-order valence-corrected chi connectivity index (χ1v) is 11.8. The lowest BCUT2D eigenvalue weighted by atomic mass is 9.74. The number of hydrogen-bond acceptors (Lipinski definition) is 5. The van der Waals surface area contributed by atoms with Gasteiger partial charge in [0.15, 0.2) is 6.10 Å². The number of benzene rings is 2. The third-order valence-electron chi connectivity index (χ3n) is 7.85. The maximum atomic E-state index is 13.1. The van der Waals surface area contributed by atoms with Gasteiger partial charge >= 0.3 is 12.1 Å². The predicted octanol–water partition coefficient (Wildman–Crippen LogP) is 2.61. The van der Waals surface area contributed by atoms with E-state index in [-0.39, 0.29) is 30.4 Å². The minimum Gasteiger partial charge on any atom is -0.481 e. The van der Waals surface area contributed by atoms with Crippen LogP contribution in [0.25, 0.3) is 11.1 Å². The Balaban J connectivity index is 1.09. The van der Waals surface area contributed by atoms with Crippen molar-refractivity contribution >= 4 is 18.0 Å². The van der Waals surface area contributed by atoms with Crippen molar-refractivity contribution in [3.05, 3.63) is 59.7 Å². The van der Waals surface area contributed by atoms with Crippen LogP contribution < -0.4 is 5.32 Å². The number of ether oxygens (including phenoxy) is 2. The molecular weight excluding hydrogens is 436 g/mol. The maximum Gasteiger partial charge on any atom is 0.407 e. The first-order chi connectivity index (χ1) is 16.5. The molecule has 3 saturated heterocycles. The molecule has 0 aromatic heterocycles. The Morgan fingerprint density at radius 2 is 1.74 bits per heavy atom. The van der Waals surface area contributed by atoms with Gasteiger partial charge in [0.25, 0.3) is 5.91 Å². The summed E-state index contributed by atoms with van der Waals surface area (Å²) in [7, 11) is 0. The van der Waals surface area contributed by atoms with Crippen molar-refractivity contribution in [2.24, 2.45) is 11.8 Å². The van der Waals surface area contributed by atoms with Crippen molar-refractivity contribution in [3.63, 3.8) is 0 Å². The first kappa shape index (κ1) is 21.2. The molecule has 176 valence electrons. The highest BCUT2D eigenvalue weighted by Crippen LogP contribution is 2.47. The Morgan fingerprint density at radius 1 is 1.06 bits per heavy atom. The van der Waals surface area contributed by atoms with Gasteiger partial charge in [-0.2, -0.15) is 0 Å². The summed E-state index contributed by atoms with van der Waals surface area (Å²) < 4.78 is 11.3. The Hall–Kier alpha value is -3.39. The maximum absolute atomic E-state index is 13.1. The van der Waals surface area contributed by atoms with E-state index in [9.17, 15) is 19.5 Å². The third kappa shape index (κ3) is 3.27. The summed E-state index contributed by atoms with van der Waals surface area (Å²) in [5.41, 5.74) is 4.58. The van der Waals surface area contributed by atoms with E-state index in [1.807, 2.05) is 24.3 Å². The van der Waals surface area contributed by atoms with Crippen LogP contribution in [0, 0.1) is 11.8 Å². The van der Waals surface area contributed by atoms with E-state index in [1.54, 1.807) is 4.90 Å². The molecular formula is C26H26N2O6. The molecule has 8 nitrogen and oxygen atoms in total. The lowest BCUT2D eigenvalue weighted by Gasteiger charge is -2.34. The van der Waals surface area contributed by atoms with E-state index in [4.69, 9.17) is 9.47 Å². The normalized spacial score (nSPS) is 28.7. The molecule has 0 radical (unpaired) electrons. The van der Waals surface area contributed by atoms with Crippen molar-refractivity contribution in [1.29, 1.82) is 0 Å². The van der Waals surface area contributed by atoms with Crippen LogP contribution in [-0.2, 0) is 19.1 Å². The van der Waals surface area contributed by atoms with Gasteiger partial charge in [-0.15, -0.1) is 0 Å². The number of carbonyl (C=O) groups excluding carboxylic acids is 2. The number of alkyl carbamates (subject to hydrolysis) is 1. The number of nitrogens with one attached hydrogen (secondary N) is 1. The fourth-order valence-corrected chi connectivity index (χ4v) is 6.17. The van der Waals surface area contributed by atoms with Crippen molar-refractivity contribution < 1.29 is 29.0 Å². The monoisotopic (exact) mass is 462 g/mol. The van der Waals surface area contributed by atoms with Crippen LogP contribution in [0.3, 0.4) is 0 Å². The molecule has 2 bridgehead atoms. The third-order valence-corrected chi connectivity index (χ3v) is 7.85. The van der Waals surface area contributed by atoms with E-state index < -0.39 is 30.1 Å². The second-order valence-corrected chi connectivity index (χ2v) is 9.57. The summed E-state index contributed by atoms with van der Waals surface area (Å²) in [6.45, 7) is 0.995. The number of amides is 2. The topological polar surface area (TPSA) is 105 Å². The lowest BCUT2D eigenvalue weighted by molar-refractivity contribution is -0.150. The molecule has 5 aliphatic rings. The Morgan fingerprint density at radius 3 is 2.38 bits per heavy atom. The highest BCUT2D eigenvalue weighted by Gasteiger charge is 2.58. The zero-order chi connectivity index (χ0) is 23.4. The molecule has 2 aliphatic carbocycles. The quantitative estimate of drug-likeness (QED) is 0.708. The molecule has 3 heterocycles. The van der Waals surface area contributed by atoms with E-state index in [0.29, 0.717) is 19.6 Å². The highest BCUT2D eigenvalue weighted by molar-refractivity contribution is 5.86. The van der Waals surface area contributed by atoms with Gasteiger partial charge in [0.2, 0.25) is 0 Å². The zero-order valence-electron chi connectivity index (χ0n) is 18.6. The highest BCUT2D eigenvalue weighted by atomic mass is 16.6. The second-order valence-electron chi connectivity index (χ2n) is 9.57. The predicted molar refractivity (Wildman–Crippen MR) is 121 cm³/mol.